The van der Waals surface area contributed by atoms with Gasteiger partial charge in [-0.25, -0.2) is 8.42 Å². The first kappa shape index (κ1) is 13.8. The van der Waals surface area contributed by atoms with Gasteiger partial charge in [0.1, 0.15) is 0 Å². The van der Waals surface area contributed by atoms with Gasteiger partial charge in [0.15, 0.2) is 0 Å². The highest BCUT2D eigenvalue weighted by atomic mass is 79.9. The van der Waals surface area contributed by atoms with E-state index in [0.29, 0.717) is 24.0 Å². The molecule has 1 aromatic carbocycles. The number of alkyl halides is 1. The van der Waals surface area contributed by atoms with Crippen LogP contribution in [0, 0.1) is 0 Å². The molecule has 3 nitrogen and oxygen atoms in total. The third kappa shape index (κ3) is 2.87. The summed E-state index contributed by atoms with van der Waals surface area (Å²) in [6.07, 6.45) is 0.701. The van der Waals surface area contributed by atoms with Crippen molar-refractivity contribution in [2.45, 2.75) is 16.7 Å². The number of nitrogens with zero attached hydrogens (tertiary/aromatic N) is 1. The molecule has 0 aromatic heterocycles. The van der Waals surface area contributed by atoms with Crippen LogP contribution < -0.4 is 0 Å². The fourth-order valence-corrected chi connectivity index (χ4v) is 5.03. The van der Waals surface area contributed by atoms with Gasteiger partial charge in [0, 0.05) is 27.4 Å². The standard InChI is InChI=1S/C10H10Br2ClNO2S/c11-7-1-2-9(12)10(5-7)17(15,16)14-4-3-8(13)6-14/h1-2,5,8H,3-4,6H2. The summed E-state index contributed by atoms with van der Waals surface area (Å²) in [6.45, 7) is 0.859. The second-order valence-electron chi connectivity index (χ2n) is 3.82. The normalized spacial score (nSPS) is 21.9. The zero-order valence-corrected chi connectivity index (χ0v) is 13.5. The molecule has 94 valence electrons. The van der Waals surface area contributed by atoms with E-state index in [1.54, 1.807) is 18.2 Å². The molecule has 2 rings (SSSR count). The quantitative estimate of drug-likeness (QED) is 0.711. The van der Waals surface area contributed by atoms with Crippen molar-refractivity contribution in [1.29, 1.82) is 0 Å². The lowest BCUT2D eigenvalue weighted by molar-refractivity contribution is 0.477. The molecular formula is C10H10Br2ClNO2S. The molecule has 1 atom stereocenters. The van der Waals surface area contributed by atoms with Crippen LogP contribution in [-0.4, -0.2) is 31.2 Å². The summed E-state index contributed by atoms with van der Waals surface area (Å²) < 4.78 is 27.5. The first-order valence-corrected chi connectivity index (χ1v) is 8.47. The van der Waals surface area contributed by atoms with Crippen molar-refractivity contribution in [2.75, 3.05) is 13.1 Å². The molecule has 1 aliphatic rings. The third-order valence-corrected chi connectivity index (χ3v) is 6.31. The Balaban J connectivity index is 2.41. The molecule has 0 spiro atoms. The van der Waals surface area contributed by atoms with Gasteiger partial charge in [0.25, 0.3) is 0 Å². The van der Waals surface area contributed by atoms with Crippen LogP contribution in [0.25, 0.3) is 0 Å². The molecule has 0 radical (unpaired) electrons. The lowest BCUT2D eigenvalue weighted by Crippen LogP contribution is -2.29. The first-order valence-electron chi connectivity index (χ1n) is 5.00. The number of hydrogen-bond acceptors (Lipinski definition) is 2. The summed E-state index contributed by atoms with van der Waals surface area (Å²) in [5.41, 5.74) is 0. The van der Waals surface area contributed by atoms with Crippen molar-refractivity contribution in [2.24, 2.45) is 0 Å². The van der Waals surface area contributed by atoms with E-state index in [2.05, 4.69) is 31.9 Å². The Morgan fingerprint density at radius 1 is 1.35 bits per heavy atom. The molecule has 1 unspecified atom stereocenters. The Kier molecular flexibility index (Phi) is 4.20. The molecule has 1 aromatic rings. The Morgan fingerprint density at radius 3 is 2.65 bits per heavy atom. The molecule has 1 aliphatic heterocycles. The third-order valence-electron chi connectivity index (χ3n) is 2.60. The van der Waals surface area contributed by atoms with Gasteiger partial charge in [-0.1, -0.05) is 15.9 Å². The minimum Gasteiger partial charge on any atom is -0.207 e. The van der Waals surface area contributed by atoms with Crippen molar-refractivity contribution >= 4 is 53.5 Å². The maximum absolute atomic E-state index is 12.4. The van der Waals surface area contributed by atoms with Gasteiger partial charge in [-0.15, -0.1) is 11.6 Å². The molecule has 0 amide bonds. The van der Waals surface area contributed by atoms with Crippen LogP contribution in [-0.2, 0) is 10.0 Å². The topological polar surface area (TPSA) is 37.4 Å². The fourth-order valence-electron chi connectivity index (χ4n) is 1.72. The smallest absolute Gasteiger partial charge is 0.207 e. The molecule has 1 fully saturated rings. The Morgan fingerprint density at radius 2 is 2.06 bits per heavy atom. The highest BCUT2D eigenvalue weighted by molar-refractivity contribution is 9.11. The van der Waals surface area contributed by atoms with E-state index in [0.717, 1.165) is 4.47 Å². The largest absolute Gasteiger partial charge is 0.244 e. The van der Waals surface area contributed by atoms with E-state index in [1.807, 2.05) is 0 Å². The summed E-state index contributed by atoms with van der Waals surface area (Å²) in [5, 5.41) is -0.0873. The molecule has 0 saturated carbocycles. The second kappa shape index (κ2) is 5.17. The molecular weight excluding hydrogens is 393 g/mol. The van der Waals surface area contributed by atoms with Crippen LogP contribution in [0.5, 0.6) is 0 Å². The lowest BCUT2D eigenvalue weighted by atomic mass is 10.4. The van der Waals surface area contributed by atoms with Gasteiger partial charge in [-0.05, 0) is 40.5 Å². The number of hydrogen-bond donors (Lipinski definition) is 0. The molecule has 0 aliphatic carbocycles. The van der Waals surface area contributed by atoms with Crippen molar-refractivity contribution in [3.05, 3.63) is 27.1 Å². The van der Waals surface area contributed by atoms with E-state index < -0.39 is 10.0 Å². The average Bonchev–Trinajstić information content (AvgIpc) is 2.69. The minimum absolute atomic E-state index is 0.0873. The highest BCUT2D eigenvalue weighted by Crippen LogP contribution is 2.30. The number of sulfonamides is 1. The van der Waals surface area contributed by atoms with Crippen LogP contribution in [0.4, 0.5) is 0 Å². The molecule has 7 heteroatoms. The molecule has 1 saturated heterocycles. The Labute approximate surface area is 122 Å². The van der Waals surface area contributed by atoms with Gasteiger partial charge < -0.3 is 0 Å². The van der Waals surface area contributed by atoms with E-state index in [4.69, 9.17) is 11.6 Å². The molecule has 0 bridgehead atoms. The van der Waals surface area contributed by atoms with Gasteiger partial charge in [0.2, 0.25) is 10.0 Å². The van der Waals surface area contributed by atoms with E-state index in [-0.39, 0.29) is 10.3 Å². The zero-order valence-electron chi connectivity index (χ0n) is 8.74. The summed E-state index contributed by atoms with van der Waals surface area (Å²) >= 11 is 12.5. The van der Waals surface area contributed by atoms with Crippen LogP contribution in [0.15, 0.2) is 32.0 Å². The Hall–Kier alpha value is 0.380. The van der Waals surface area contributed by atoms with E-state index in [9.17, 15) is 8.42 Å². The molecule has 0 N–H and O–H groups in total. The molecule has 1 heterocycles. The lowest BCUT2D eigenvalue weighted by Gasteiger charge is -2.16. The van der Waals surface area contributed by atoms with Gasteiger partial charge >= 0.3 is 0 Å². The predicted octanol–water partition coefficient (Wildman–Crippen LogP) is 3.21. The van der Waals surface area contributed by atoms with Crippen molar-refractivity contribution in [3.8, 4) is 0 Å². The van der Waals surface area contributed by atoms with E-state index >= 15 is 0 Å². The average molecular weight is 404 g/mol. The number of benzene rings is 1. The first-order chi connectivity index (χ1) is 7.91. The maximum atomic E-state index is 12.4. The van der Waals surface area contributed by atoms with Crippen molar-refractivity contribution in [3.63, 3.8) is 0 Å². The number of rotatable bonds is 2. The fraction of sp³-hybridized carbons (Fsp3) is 0.400. The maximum Gasteiger partial charge on any atom is 0.244 e. The van der Waals surface area contributed by atoms with Crippen molar-refractivity contribution < 1.29 is 8.42 Å². The van der Waals surface area contributed by atoms with Gasteiger partial charge in [0.05, 0.1) is 4.90 Å². The summed E-state index contributed by atoms with van der Waals surface area (Å²) in [4.78, 5) is 0.276. The Bertz CT molecular complexity index is 535. The van der Waals surface area contributed by atoms with Crippen LogP contribution >= 0.6 is 43.5 Å². The second-order valence-corrected chi connectivity index (χ2v) is 8.12. The van der Waals surface area contributed by atoms with Crippen LogP contribution in [0.3, 0.4) is 0 Å². The zero-order chi connectivity index (χ0) is 12.6. The van der Waals surface area contributed by atoms with E-state index in [1.165, 1.54) is 4.31 Å². The van der Waals surface area contributed by atoms with Gasteiger partial charge in [-0.3, -0.25) is 0 Å². The van der Waals surface area contributed by atoms with Crippen LogP contribution in [0.1, 0.15) is 6.42 Å². The monoisotopic (exact) mass is 401 g/mol. The van der Waals surface area contributed by atoms with Crippen molar-refractivity contribution in [1.82, 2.24) is 4.31 Å². The number of halogens is 3. The summed E-state index contributed by atoms with van der Waals surface area (Å²) in [5.74, 6) is 0. The summed E-state index contributed by atoms with van der Waals surface area (Å²) in [6, 6.07) is 5.10. The minimum atomic E-state index is -3.45. The summed E-state index contributed by atoms with van der Waals surface area (Å²) in [7, 11) is -3.45. The highest BCUT2D eigenvalue weighted by Gasteiger charge is 2.32. The molecule has 17 heavy (non-hydrogen) atoms. The van der Waals surface area contributed by atoms with Crippen LogP contribution in [0.2, 0.25) is 0 Å². The predicted molar refractivity (Wildman–Crippen MR) is 74.9 cm³/mol. The van der Waals surface area contributed by atoms with Gasteiger partial charge in [-0.2, -0.15) is 4.31 Å². The SMILES string of the molecule is O=S(=O)(c1cc(Br)ccc1Br)N1CCC(Cl)C1.